The van der Waals surface area contributed by atoms with Gasteiger partial charge in [-0.3, -0.25) is 0 Å². The molecular weight excluding hydrogens is 397 g/mol. The van der Waals surface area contributed by atoms with Gasteiger partial charge in [-0.25, -0.2) is 4.21 Å². The second-order valence-electron chi connectivity index (χ2n) is 6.40. The minimum atomic E-state index is -1.66. The summed E-state index contributed by atoms with van der Waals surface area (Å²) < 4.78 is 20.0. The van der Waals surface area contributed by atoms with Crippen molar-refractivity contribution in [1.29, 1.82) is 0 Å². The molecule has 7 heteroatoms. The Balaban J connectivity index is 3.64. The molecule has 146 valence electrons. The summed E-state index contributed by atoms with van der Waals surface area (Å²) in [6.07, 6.45) is 3.57. The van der Waals surface area contributed by atoms with Crippen LogP contribution in [0.3, 0.4) is 0 Å². The van der Waals surface area contributed by atoms with Crippen molar-refractivity contribution in [1.82, 2.24) is 0 Å². The molecule has 2 nitrogen and oxygen atoms in total. The fraction of sp³-hybridized carbons (Fsp3) is 1.00. The molecule has 0 saturated carbocycles. The molecule has 0 bridgehead atoms. The van der Waals surface area contributed by atoms with Crippen LogP contribution in [0.2, 0.25) is 0 Å². The number of hydrogen-bond donors (Lipinski definition) is 1. The maximum atomic E-state index is 11.0. The molecule has 0 aromatic carbocycles. The summed E-state index contributed by atoms with van der Waals surface area (Å²) in [5, 5.41) is 0. The van der Waals surface area contributed by atoms with E-state index >= 15 is 0 Å². The van der Waals surface area contributed by atoms with Gasteiger partial charge in [-0.1, -0.05) is 97.1 Å². The van der Waals surface area contributed by atoms with Gasteiger partial charge in [-0.2, -0.15) is 0 Å². The van der Waals surface area contributed by atoms with Crippen LogP contribution in [-0.4, -0.2) is 37.5 Å². The molecule has 0 amide bonds. The lowest BCUT2D eigenvalue weighted by Crippen LogP contribution is -2.19. The van der Waals surface area contributed by atoms with E-state index in [0.29, 0.717) is 17.6 Å². The Kier molecular flexibility index (Phi) is 17.7. The van der Waals surface area contributed by atoms with Crippen molar-refractivity contribution in [2.75, 3.05) is 28.8 Å². The summed E-state index contributed by atoms with van der Waals surface area (Å²) in [5.41, 5.74) is 0. The van der Waals surface area contributed by atoms with Gasteiger partial charge in [-0.15, -0.1) is 0 Å². The first-order chi connectivity index (χ1) is 11.5. The second-order valence-corrected chi connectivity index (χ2v) is 12.6. The van der Waals surface area contributed by atoms with Gasteiger partial charge in [0.1, 0.15) is 0 Å². The normalized spacial score (nSPS) is 18.1. The van der Waals surface area contributed by atoms with Crippen molar-refractivity contribution in [2.24, 2.45) is 23.7 Å². The van der Waals surface area contributed by atoms with Crippen molar-refractivity contribution in [3.63, 3.8) is 0 Å². The lowest BCUT2D eigenvalue weighted by atomic mass is 9.91. The van der Waals surface area contributed by atoms with Crippen LogP contribution in [0.5, 0.6) is 0 Å². The monoisotopic (exact) mass is 432 g/mol. The number of hydrogen-bond acceptors (Lipinski definition) is 5. The van der Waals surface area contributed by atoms with Crippen LogP contribution in [0.4, 0.5) is 0 Å². The van der Waals surface area contributed by atoms with Gasteiger partial charge in [0, 0.05) is 23.0 Å². The molecule has 5 unspecified atom stereocenters. The third-order valence-corrected chi connectivity index (χ3v) is 10.8. The molecule has 0 rings (SSSR count). The van der Waals surface area contributed by atoms with E-state index in [-0.39, 0.29) is 0 Å². The Morgan fingerprint density at radius 3 is 1.79 bits per heavy atom. The van der Waals surface area contributed by atoms with E-state index in [0.717, 1.165) is 24.0 Å². The summed E-state index contributed by atoms with van der Waals surface area (Å²) in [7, 11) is 7.92. The molecule has 0 aromatic heterocycles. The zero-order valence-corrected chi connectivity index (χ0v) is 19.9. The topological polar surface area (TPSA) is 37.3 Å². The quantitative estimate of drug-likeness (QED) is 0.166. The third kappa shape index (κ3) is 12.8. The summed E-state index contributed by atoms with van der Waals surface area (Å²) in [6, 6.07) is 0. The van der Waals surface area contributed by atoms with Crippen LogP contribution in [0.1, 0.15) is 53.9 Å². The molecule has 0 aliphatic rings. The SMILES string of the molecule is CCC(C)C(CC)CSSCCSSCC(C)C(CC)CS(=O)O. The molecule has 0 aromatic rings. The Morgan fingerprint density at radius 1 is 0.792 bits per heavy atom. The van der Waals surface area contributed by atoms with Crippen LogP contribution >= 0.6 is 43.2 Å². The molecule has 1 N–H and O–H groups in total. The van der Waals surface area contributed by atoms with Crippen molar-refractivity contribution in [3.8, 4) is 0 Å². The van der Waals surface area contributed by atoms with Crippen LogP contribution in [0.25, 0.3) is 0 Å². The van der Waals surface area contributed by atoms with E-state index < -0.39 is 11.1 Å². The zero-order valence-electron chi connectivity index (χ0n) is 15.9. The summed E-state index contributed by atoms with van der Waals surface area (Å²) >= 11 is -1.66. The minimum absolute atomic E-state index is 0.361. The number of rotatable bonds is 16. The van der Waals surface area contributed by atoms with E-state index in [1.54, 1.807) is 0 Å². The van der Waals surface area contributed by atoms with Gasteiger partial charge in [0.2, 0.25) is 0 Å². The summed E-state index contributed by atoms with van der Waals surface area (Å²) in [6.45, 7) is 11.3. The lowest BCUT2D eigenvalue weighted by Gasteiger charge is -2.21. The molecule has 0 heterocycles. The first-order valence-electron chi connectivity index (χ1n) is 9.02. The molecule has 0 fully saturated rings. The van der Waals surface area contributed by atoms with Gasteiger partial charge in [0.25, 0.3) is 0 Å². The summed E-state index contributed by atoms with van der Waals surface area (Å²) in [5.74, 6) is 7.72. The first-order valence-corrected chi connectivity index (χ1v) is 15.3. The van der Waals surface area contributed by atoms with E-state index in [4.69, 9.17) is 4.55 Å². The Hall–Kier alpha value is 1.51. The molecule has 0 aliphatic heterocycles. The fourth-order valence-electron chi connectivity index (χ4n) is 2.50. The Bertz CT molecular complexity index is 317. The van der Waals surface area contributed by atoms with Crippen molar-refractivity contribution in [2.45, 2.75) is 53.9 Å². The molecule has 0 radical (unpaired) electrons. The molecule has 0 saturated heterocycles. The van der Waals surface area contributed by atoms with Gasteiger partial charge in [-0.05, 0) is 23.7 Å². The highest BCUT2D eigenvalue weighted by atomic mass is 33.1. The smallest absolute Gasteiger partial charge is 0.153 e. The van der Waals surface area contributed by atoms with Crippen LogP contribution in [0, 0.1) is 23.7 Å². The maximum absolute atomic E-state index is 11.0. The molecular formula is C17H36O2S5. The first kappa shape index (κ1) is 25.5. The highest BCUT2D eigenvalue weighted by Crippen LogP contribution is 2.33. The van der Waals surface area contributed by atoms with Crippen molar-refractivity contribution in [3.05, 3.63) is 0 Å². The average Bonchev–Trinajstić information content (AvgIpc) is 2.57. The van der Waals surface area contributed by atoms with E-state index in [1.165, 1.54) is 30.1 Å². The van der Waals surface area contributed by atoms with Gasteiger partial charge in [0.05, 0.1) is 5.75 Å². The maximum Gasteiger partial charge on any atom is 0.153 e. The Morgan fingerprint density at radius 2 is 1.33 bits per heavy atom. The van der Waals surface area contributed by atoms with Crippen LogP contribution < -0.4 is 0 Å². The van der Waals surface area contributed by atoms with Crippen LogP contribution in [0.15, 0.2) is 0 Å². The summed E-state index contributed by atoms with van der Waals surface area (Å²) in [4.78, 5) is 0. The van der Waals surface area contributed by atoms with Crippen LogP contribution in [-0.2, 0) is 11.1 Å². The lowest BCUT2D eigenvalue weighted by molar-refractivity contribution is 0.374. The van der Waals surface area contributed by atoms with Gasteiger partial charge >= 0.3 is 0 Å². The predicted molar refractivity (Wildman–Crippen MR) is 122 cm³/mol. The Labute approximate surface area is 168 Å². The standard InChI is InChI=1S/C17H36O2S5/c1-6-14(4)16(7-2)12-23-21-10-9-20-22-11-15(5)17(8-3)13-24(18)19/h14-17H,6-13H2,1-5H3,(H,18,19). The zero-order chi connectivity index (χ0) is 18.4. The molecule has 24 heavy (non-hydrogen) atoms. The molecule has 5 atom stereocenters. The fourth-order valence-corrected chi connectivity index (χ4v) is 9.30. The highest BCUT2D eigenvalue weighted by Gasteiger charge is 2.18. The average molecular weight is 433 g/mol. The predicted octanol–water partition coefficient (Wildman–Crippen LogP) is 6.71. The minimum Gasteiger partial charge on any atom is -0.306 e. The van der Waals surface area contributed by atoms with E-state index in [2.05, 4.69) is 34.6 Å². The van der Waals surface area contributed by atoms with Gasteiger partial charge < -0.3 is 4.55 Å². The molecule has 0 aliphatic carbocycles. The molecule has 0 spiro atoms. The second kappa shape index (κ2) is 16.7. The van der Waals surface area contributed by atoms with E-state index in [9.17, 15) is 4.21 Å². The van der Waals surface area contributed by atoms with Crippen molar-refractivity contribution >= 4 is 54.3 Å². The van der Waals surface area contributed by atoms with E-state index in [1.807, 2.05) is 43.2 Å². The third-order valence-electron chi connectivity index (χ3n) is 4.69. The van der Waals surface area contributed by atoms with Crippen molar-refractivity contribution < 1.29 is 8.76 Å². The van der Waals surface area contributed by atoms with Gasteiger partial charge in [0.15, 0.2) is 11.1 Å². The largest absolute Gasteiger partial charge is 0.306 e. The highest BCUT2D eigenvalue weighted by molar-refractivity contribution is 8.78.